The molecule has 0 heterocycles. The van der Waals surface area contributed by atoms with Gasteiger partial charge in [-0.25, -0.2) is 0 Å². The van der Waals surface area contributed by atoms with E-state index in [4.69, 9.17) is 0 Å². The van der Waals surface area contributed by atoms with Crippen LogP contribution in [0.4, 0.5) is 5.69 Å². The molecule has 2 amide bonds. The lowest BCUT2D eigenvalue weighted by molar-refractivity contribution is -0.127. The summed E-state index contributed by atoms with van der Waals surface area (Å²) in [4.78, 5) is 27.0. The highest BCUT2D eigenvalue weighted by Crippen LogP contribution is 2.19. The van der Waals surface area contributed by atoms with Gasteiger partial charge >= 0.3 is 0 Å². The Morgan fingerprint density at radius 2 is 1.72 bits per heavy atom. The summed E-state index contributed by atoms with van der Waals surface area (Å²) in [5, 5.41) is 6.09. The van der Waals surface area contributed by atoms with Crippen molar-refractivity contribution in [2.75, 3.05) is 18.9 Å². The molecule has 2 atom stereocenters. The maximum Gasteiger partial charge on any atom is 0.238 e. The molecule has 0 aliphatic rings. The molecule has 2 N–H and O–H groups in total. The van der Waals surface area contributed by atoms with E-state index in [0.717, 1.165) is 35.2 Å². The van der Waals surface area contributed by atoms with Crippen molar-refractivity contribution in [2.24, 2.45) is 0 Å². The second kappa shape index (κ2) is 10.8. The van der Waals surface area contributed by atoms with Crippen molar-refractivity contribution < 1.29 is 9.59 Å². The number of hydrogen-bond donors (Lipinski definition) is 2. The van der Waals surface area contributed by atoms with Crippen molar-refractivity contribution in [1.29, 1.82) is 0 Å². The van der Waals surface area contributed by atoms with Gasteiger partial charge in [-0.15, -0.1) is 0 Å². The van der Waals surface area contributed by atoms with Crippen molar-refractivity contribution in [1.82, 2.24) is 10.2 Å². The third-order valence-corrected chi connectivity index (χ3v) is 5.41. The topological polar surface area (TPSA) is 61.4 Å². The molecule has 0 aliphatic heterocycles. The number of aryl methyl sites for hydroxylation is 1. The van der Waals surface area contributed by atoms with Crippen molar-refractivity contribution >= 4 is 17.5 Å². The Bertz CT molecular complexity index is 820. The van der Waals surface area contributed by atoms with Gasteiger partial charge in [0.1, 0.15) is 0 Å². The van der Waals surface area contributed by atoms with E-state index < -0.39 is 6.04 Å². The zero-order chi connectivity index (χ0) is 21.4. The Kier molecular flexibility index (Phi) is 8.40. The van der Waals surface area contributed by atoms with Gasteiger partial charge in [-0.3, -0.25) is 14.5 Å². The SMILES string of the molecule is CCC[C@H](NC(=O)[C@H](C)N(C)CC(=O)Nc1cccc(C)c1C)c1ccccc1. The predicted molar refractivity (Wildman–Crippen MR) is 119 cm³/mol. The van der Waals surface area contributed by atoms with Crippen LogP contribution in [0.5, 0.6) is 0 Å². The molecule has 29 heavy (non-hydrogen) atoms. The molecule has 0 saturated carbocycles. The number of likely N-dealkylation sites (N-methyl/N-ethyl adjacent to an activating group) is 1. The fourth-order valence-corrected chi connectivity index (χ4v) is 3.23. The number of nitrogens with zero attached hydrogens (tertiary/aromatic N) is 1. The fraction of sp³-hybridized carbons (Fsp3) is 0.417. The zero-order valence-corrected chi connectivity index (χ0v) is 18.2. The van der Waals surface area contributed by atoms with Crippen LogP contribution in [0.3, 0.4) is 0 Å². The lowest BCUT2D eigenvalue weighted by Gasteiger charge is -2.26. The second-order valence-corrected chi connectivity index (χ2v) is 7.65. The summed E-state index contributed by atoms with van der Waals surface area (Å²) in [6.45, 7) is 8.08. The highest BCUT2D eigenvalue weighted by atomic mass is 16.2. The van der Waals surface area contributed by atoms with E-state index in [1.54, 1.807) is 11.9 Å². The Balaban J connectivity index is 1.95. The molecule has 2 aromatic carbocycles. The summed E-state index contributed by atoms with van der Waals surface area (Å²) in [7, 11) is 1.80. The average Bonchev–Trinajstić information content (AvgIpc) is 2.71. The molecule has 2 rings (SSSR count). The minimum absolute atomic E-state index is 0.0201. The van der Waals surface area contributed by atoms with Crippen molar-refractivity contribution in [3.05, 3.63) is 65.2 Å². The maximum absolute atomic E-state index is 12.8. The van der Waals surface area contributed by atoms with Crippen LogP contribution < -0.4 is 10.6 Å². The number of rotatable bonds is 9. The van der Waals surface area contributed by atoms with Gasteiger partial charge in [-0.2, -0.15) is 0 Å². The molecule has 0 aliphatic carbocycles. The lowest BCUT2D eigenvalue weighted by Crippen LogP contribution is -2.46. The van der Waals surface area contributed by atoms with E-state index in [-0.39, 0.29) is 24.4 Å². The van der Waals surface area contributed by atoms with Gasteiger partial charge in [-0.1, -0.05) is 55.8 Å². The molecule has 5 heteroatoms. The van der Waals surface area contributed by atoms with Crippen LogP contribution in [0.2, 0.25) is 0 Å². The van der Waals surface area contributed by atoms with E-state index in [0.29, 0.717) is 0 Å². The maximum atomic E-state index is 12.8. The van der Waals surface area contributed by atoms with Gasteiger partial charge in [0.25, 0.3) is 0 Å². The van der Waals surface area contributed by atoms with E-state index in [1.807, 2.05) is 69.3 Å². The van der Waals surface area contributed by atoms with Crippen molar-refractivity contribution in [3.63, 3.8) is 0 Å². The Hall–Kier alpha value is -2.66. The third-order valence-electron chi connectivity index (χ3n) is 5.41. The van der Waals surface area contributed by atoms with Crippen LogP contribution in [0.1, 0.15) is 49.4 Å². The van der Waals surface area contributed by atoms with Crippen LogP contribution in [-0.2, 0) is 9.59 Å². The van der Waals surface area contributed by atoms with Crippen LogP contribution in [0.15, 0.2) is 48.5 Å². The molecule has 5 nitrogen and oxygen atoms in total. The molecular formula is C24H33N3O2. The first-order valence-electron chi connectivity index (χ1n) is 10.2. The van der Waals surface area contributed by atoms with E-state index in [9.17, 15) is 9.59 Å². The molecule has 2 aromatic rings. The normalized spacial score (nSPS) is 13.0. The van der Waals surface area contributed by atoms with Gasteiger partial charge in [0.05, 0.1) is 18.6 Å². The third kappa shape index (κ3) is 6.43. The van der Waals surface area contributed by atoms with E-state index in [2.05, 4.69) is 17.6 Å². The number of benzene rings is 2. The van der Waals surface area contributed by atoms with Crippen LogP contribution in [-0.4, -0.2) is 36.3 Å². The Labute approximate surface area is 174 Å². The predicted octanol–water partition coefficient (Wildman–Crippen LogP) is 4.22. The largest absolute Gasteiger partial charge is 0.348 e. The van der Waals surface area contributed by atoms with E-state index in [1.165, 1.54) is 0 Å². The summed E-state index contributed by atoms with van der Waals surface area (Å²) in [6.07, 6.45) is 1.85. The van der Waals surface area contributed by atoms with E-state index >= 15 is 0 Å². The highest BCUT2D eigenvalue weighted by molar-refractivity contribution is 5.93. The number of nitrogens with one attached hydrogen (secondary N) is 2. The molecule has 0 bridgehead atoms. The van der Waals surface area contributed by atoms with Crippen LogP contribution >= 0.6 is 0 Å². The monoisotopic (exact) mass is 395 g/mol. The van der Waals surface area contributed by atoms with Crippen molar-refractivity contribution in [3.8, 4) is 0 Å². The second-order valence-electron chi connectivity index (χ2n) is 7.65. The molecule has 0 spiro atoms. The van der Waals surface area contributed by atoms with Gasteiger partial charge in [0, 0.05) is 5.69 Å². The molecule has 0 radical (unpaired) electrons. The first-order valence-corrected chi connectivity index (χ1v) is 10.2. The van der Waals surface area contributed by atoms with Gasteiger partial charge in [0.15, 0.2) is 0 Å². The fourth-order valence-electron chi connectivity index (χ4n) is 3.23. The molecule has 0 fully saturated rings. The number of carbonyl (C=O) groups excluding carboxylic acids is 2. The lowest BCUT2D eigenvalue weighted by atomic mass is 10.0. The first kappa shape index (κ1) is 22.6. The first-order chi connectivity index (χ1) is 13.8. The average molecular weight is 396 g/mol. The summed E-state index contributed by atoms with van der Waals surface area (Å²) >= 11 is 0. The van der Waals surface area contributed by atoms with Crippen LogP contribution in [0, 0.1) is 13.8 Å². The highest BCUT2D eigenvalue weighted by Gasteiger charge is 2.23. The summed E-state index contributed by atoms with van der Waals surface area (Å²) in [5.74, 6) is -0.205. The quantitative estimate of drug-likeness (QED) is 0.668. The number of amides is 2. The smallest absolute Gasteiger partial charge is 0.238 e. The number of anilines is 1. The van der Waals surface area contributed by atoms with Crippen molar-refractivity contribution in [2.45, 2.75) is 52.6 Å². The molecule has 156 valence electrons. The number of hydrogen-bond acceptors (Lipinski definition) is 3. The van der Waals surface area contributed by atoms with Gasteiger partial charge < -0.3 is 10.6 Å². The molecule has 0 unspecified atom stereocenters. The standard InChI is InChI=1S/C24H33N3O2/c1-6-11-22(20-13-8-7-9-14-20)26-24(29)19(4)27(5)16-23(28)25-21-15-10-12-17(2)18(21)3/h7-10,12-15,19,22H,6,11,16H2,1-5H3,(H,25,28)(H,26,29)/t19-,22-/m0/s1. The Morgan fingerprint density at radius 3 is 2.38 bits per heavy atom. The molecule has 0 aromatic heterocycles. The summed E-state index contributed by atoms with van der Waals surface area (Å²) < 4.78 is 0. The minimum Gasteiger partial charge on any atom is -0.348 e. The van der Waals surface area contributed by atoms with Gasteiger partial charge in [0.2, 0.25) is 11.8 Å². The minimum atomic E-state index is -0.414. The van der Waals surface area contributed by atoms with Crippen LogP contribution in [0.25, 0.3) is 0 Å². The molecule has 0 saturated heterocycles. The Morgan fingerprint density at radius 1 is 1.03 bits per heavy atom. The van der Waals surface area contributed by atoms with Gasteiger partial charge in [-0.05, 0) is 57.0 Å². The number of carbonyl (C=O) groups is 2. The summed E-state index contributed by atoms with van der Waals surface area (Å²) in [6, 6.07) is 15.4. The molecular weight excluding hydrogens is 362 g/mol. The summed E-state index contributed by atoms with van der Waals surface area (Å²) in [5.41, 5.74) is 4.10. The zero-order valence-electron chi connectivity index (χ0n) is 18.2.